The van der Waals surface area contributed by atoms with Crippen molar-refractivity contribution >= 4 is 27.4 Å². The molecule has 0 saturated heterocycles. The summed E-state index contributed by atoms with van der Waals surface area (Å²) < 4.78 is 42.7. The Morgan fingerprint density at radius 3 is 2.72 bits per heavy atom. The van der Waals surface area contributed by atoms with Crippen molar-refractivity contribution in [3.63, 3.8) is 0 Å². The fourth-order valence-electron chi connectivity index (χ4n) is 1.16. The maximum atomic E-state index is 13.1. The van der Waals surface area contributed by atoms with E-state index < -0.39 is 27.6 Å². The molecule has 1 rings (SSSR count). The Morgan fingerprint density at radius 2 is 2.17 bits per heavy atom. The monoisotopic (exact) mass is 276 g/mol. The van der Waals surface area contributed by atoms with Crippen LogP contribution in [0.2, 0.25) is 0 Å². The number of nitrogens with two attached hydrogens (primary N) is 1. The molecule has 0 unspecified atom stereocenters. The molecule has 6 nitrogen and oxygen atoms in total. The first-order valence-electron chi connectivity index (χ1n) is 5.05. The highest BCUT2D eigenvalue weighted by Gasteiger charge is 2.17. The highest BCUT2D eigenvalue weighted by Crippen LogP contribution is 2.17. The molecule has 0 fully saturated rings. The molecule has 0 heterocycles. The first kappa shape index (κ1) is 14.2. The molecular formula is C10H13FN2O4S. The van der Waals surface area contributed by atoms with Gasteiger partial charge in [-0.15, -0.1) is 0 Å². The Balaban J connectivity index is 2.76. The summed E-state index contributed by atoms with van der Waals surface area (Å²) in [5.74, 6) is -2.44. The molecule has 1 aromatic carbocycles. The summed E-state index contributed by atoms with van der Waals surface area (Å²) in [6, 6.07) is 3.44. The second kappa shape index (κ2) is 5.67. The zero-order valence-electron chi connectivity index (χ0n) is 9.64. The standard InChI is InChI=1S/C10H13FN2O4S/c1-2-17-10(14)6-18(15,16)13-7-3-4-9(12)8(11)5-7/h3-5,13H,2,6,12H2,1H3. The molecule has 0 aliphatic heterocycles. The predicted molar refractivity (Wildman–Crippen MR) is 64.9 cm³/mol. The van der Waals surface area contributed by atoms with Crippen LogP contribution in [0.25, 0.3) is 0 Å². The first-order valence-corrected chi connectivity index (χ1v) is 6.70. The zero-order valence-corrected chi connectivity index (χ0v) is 10.5. The lowest BCUT2D eigenvalue weighted by Gasteiger charge is -2.08. The molecule has 0 radical (unpaired) electrons. The van der Waals surface area contributed by atoms with E-state index in [1.807, 2.05) is 0 Å². The number of halogens is 1. The normalized spacial score (nSPS) is 11.0. The molecule has 0 aliphatic carbocycles. The topological polar surface area (TPSA) is 98.5 Å². The summed E-state index contributed by atoms with van der Waals surface area (Å²) in [5, 5.41) is 0. The molecule has 0 amide bonds. The van der Waals surface area contributed by atoms with Gasteiger partial charge in [0.2, 0.25) is 10.0 Å². The highest BCUT2D eigenvalue weighted by molar-refractivity contribution is 7.93. The lowest BCUT2D eigenvalue weighted by molar-refractivity contribution is -0.139. The van der Waals surface area contributed by atoms with E-state index in [1.54, 1.807) is 6.92 Å². The second-order valence-corrected chi connectivity index (χ2v) is 5.12. The largest absolute Gasteiger partial charge is 0.465 e. The molecule has 0 atom stereocenters. The summed E-state index contributed by atoms with van der Waals surface area (Å²) >= 11 is 0. The third-order valence-electron chi connectivity index (χ3n) is 1.89. The van der Waals surface area contributed by atoms with E-state index in [0.29, 0.717) is 0 Å². The Bertz CT molecular complexity index is 545. The maximum absolute atomic E-state index is 13.1. The van der Waals surface area contributed by atoms with E-state index in [0.717, 1.165) is 6.07 Å². The fraction of sp³-hybridized carbons (Fsp3) is 0.300. The lowest BCUT2D eigenvalue weighted by Crippen LogP contribution is -2.24. The minimum atomic E-state index is -3.92. The Labute approximate surface area is 104 Å². The number of sulfonamides is 1. The predicted octanol–water partition coefficient (Wildman–Crippen LogP) is 0.713. The van der Waals surface area contributed by atoms with Gasteiger partial charge in [0.05, 0.1) is 18.0 Å². The molecule has 100 valence electrons. The Kier molecular flexibility index (Phi) is 4.49. The van der Waals surface area contributed by atoms with Gasteiger partial charge in [-0.2, -0.15) is 0 Å². The van der Waals surface area contributed by atoms with Crippen LogP contribution in [0.3, 0.4) is 0 Å². The van der Waals surface area contributed by atoms with Crippen LogP contribution in [-0.4, -0.2) is 26.7 Å². The van der Waals surface area contributed by atoms with Crippen LogP contribution in [0, 0.1) is 5.82 Å². The number of carbonyl (C=O) groups excluding carboxylic acids is 1. The molecule has 0 saturated carbocycles. The van der Waals surface area contributed by atoms with Gasteiger partial charge in [-0.05, 0) is 19.1 Å². The summed E-state index contributed by atoms with van der Waals surface area (Å²) in [7, 11) is -3.92. The van der Waals surface area contributed by atoms with Gasteiger partial charge < -0.3 is 10.5 Å². The zero-order chi connectivity index (χ0) is 13.8. The van der Waals surface area contributed by atoms with Crippen LogP contribution < -0.4 is 10.5 Å². The number of benzene rings is 1. The molecule has 8 heteroatoms. The first-order chi connectivity index (χ1) is 8.34. The molecule has 3 N–H and O–H groups in total. The molecule has 0 aliphatic rings. The van der Waals surface area contributed by atoms with Crippen molar-refractivity contribution in [2.24, 2.45) is 0 Å². The number of nitrogen functional groups attached to an aromatic ring is 1. The fourth-order valence-corrected chi connectivity index (χ4v) is 2.12. The van der Waals surface area contributed by atoms with E-state index in [1.165, 1.54) is 12.1 Å². The van der Waals surface area contributed by atoms with Gasteiger partial charge in [0.15, 0.2) is 5.75 Å². The van der Waals surface area contributed by atoms with E-state index in [9.17, 15) is 17.6 Å². The van der Waals surface area contributed by atoms with E-state index >= 15 is 0 Å². The summed E-state index contributed by atoms with van der Waals surface area (Å²) in [4.78, 5) is 11.0. The van der Waals surface area contributed by atoms with E-state index in [2.05, 4.69) is 9.46 Å². The van der Waals surface area contributed by atoms with Gasteiger partial charge in [-0.25, -0.2) is 12.8 Å². The van der Waals surface area contributed by atoms with Gasteiger partial charge in [0.25, 0.3) is 0 Å². The van der Waals surface area contributed by atoms with Crippen LogP contribution in [0.5, 0.6) is 0 Å². The lowest BCUT2D eigenvalue weighted by atomic mass is 10.3. The van der Waals surface area contributed by atoms with Gasteiger partial charge in [0.1, 0.15) is 5.82 Å². The minimum absolute atomic E-state index is 0.00833. The van der Waals surface area contributed by atoms with Crippen molar-refractivity contribution < 1.29 is 22.3 Å². The third kappa shape index (κ3) is 4.21. The number of ether oxygens (including phenoxy) is 1. The van der Waals surface area contributed by atoms with Gasteiger partial charge in [-0.1, -0.05) is 0 Å². The third-order valence-corrected chi connectivity index (χ3v) is 3.05. The average molecular weight is 276 g/mol. The summed E-state index contributed by atoms with van der Waals surface area (Å²) in [6.07, 6.45) is 0. The molecule has 0 spiro atoms. The average Bonchev–Trinajstić information content (AvgIpc) is 2.22. The van der Waals surface area contributed by atoms with Crippen LogP contribution in [0.4, 0.5) is 15.8 Å². The Morgan fingerprint density at radius 1 is 1.50 bits per heavy atom. The van der Waals surface area contributed by atoms with Crippen molar-refractivity contribution in [2.75, 3.05) is 22.8 Å². The van der Waals surface area contributed by atoms with Crippen LogP contribution in [0.15, 0.2) is 18.2 Å². The molecule has 18 heavy (non-hydrogen) atoms. The number of nitrogens with one attached hydrogen (secondary N) is 1. The van der Waals surface area contributed by atoms with Crippen molar-refractivity contribution in [2.45, 2.75) is 6.92 Å². The number of anilines is 2. The highest BCUT2D eigenvalue weighted by atomic mass is 32.2. The van der Waals surface area contributed by atoms with Crippen LogP contribution in [-0.2, 0) is 19.6 Å². The van der Waals surface area contributed by atoms with Gasteiger partial charge in [0, 0.05) is 6.07 Å². The quantitative estimate of drug-likeness (QED) is 0.609. The van der Waals surface area contributed by atoms with Crippen molar-refractivity contribution in [3.8, 4) is 0 Å². The van der Waals surface area contributed by atoms with Crippen molar-refractivity contribution in [3.05, 3.63) is 24.0 Å². The van der Waals surface area contributed by atoms with E-state index in [-0.39, 0.29) is 18.0 Å². The molecule has 0 aromatic heterocycles. The number of carbonyl (C=O) groups is 1. The smallest absolute Gasteiger partial charge is 0.323 e. The minimum Gasteiger partial charge on any atom is -0.465 e. The molecular weight excluding hydrogens is 263 g/mol. The summed E-state index contributed by atoms with van der Waals surface area (Å²) in [6.45, 7) is 1.65. The SMILES string of the molecule is CCOC(=O)CS(=O)(=O)Nc1ccc(N)c(F)c1. The maximum Gasteiger partial charge on any atom is 0.323 e. The Hall–Kier alpha value is -1.83. The van der Waals surface area contributed by atoms with Crippen molar-refractivity contribution in [1.29, 1.82) is 0 Å². The van der Waals surface area contributed by atoms with Gasteiger partial charge >= 0.3 is 5.97 Å². The van der Waals surface area contributed by atoms with E-state index in [4.69, 9.17) is 5.73 Å². The van der Waals surface area contributed by atoms with Crippen LogP contribution >= 0.6 is 0 Å². The van der Waals surface area contributed by atoms with Gasteiger partial charge in [-0.3, -0.25) is 9.52 Å². The summed E-state index contributed by atoms with van der Waals surface area (Å²) in [5.41, 5.74) is 5.14. The molecule has 1 aromatic rings. The number of esters is 1. The molecule has 0 bridgehead atoms. The number of hydrogen-bond donors (Lipinski definition) is 2. The van der Waals surface area contributed by atoms with Crippen molar-refractivity contribution in [1.82, 2.24) is 0 Å². The van der Waals surface area contributed by atoms with Crippen LogP contribution in [0.1, 0.15) is 6.92 Å². The number of rotatable bonds is 5. The number of hydrogen-bond acceptors (Lipinski definition) is 5. The second-order valence-electron chi connectivity index (χ2n) is 3.40.